The first kappa shape index (κ1) is 11.0. The van der Waals surface area contributed by atoms with Gasteiger partial charge in [0.2, 0.25) is 0 Å². The van der Waals surface area contributed by atoms with E-state index < -0.39 is 0 Å². The standard InChI is InChI=1S/C11H11N3O.ClH/c1-7-13-11(15-14-7)9-2-3-10-8(6-9)4-5-12-10;/h2-3,6,12H,4-5H2,1H3;1H. The molecule has 2 aromatic rings. The van der Waals surface area contributed by atoms with Crippen molar-refractivity contribution in [1.29, 1.82) is 0 Å². The molecule has 3 rings (SSSR count). The Labute approximate surface area is 99.5 Å². The van der Waals surface area contributed by atoms with E-state index >= 15 is 0 Å². The third-order valence-electron chi connectivity index (χ3n) is 2.59. The number of anilines is 1. The fourth-order valence-corrected chi connectivity index (χ4v) is 1.85. The lowest BCUT2D eigenvalue weighted by atomic mass is 10.1. The number of nitrogens with one attached hydrogen (secondary N) is 1. The summed E-state index contributed by atoms with van der Waals surface area (Å²) in [6.45, 7) is 2.84. The summed E-state index contributed by atoms with van der Waals surface area (Å²) in [6, 6.07) is 6.18. The monoisotopic (exact) mass is 237 g/mol. The maximum absolute atomic E-state index is 5.13. The molecule has 2 heterocycles. The minimum Gasteiger partial charge on any atom is -0.384 e. The third-order valence-corrected chi connectivity index (χ3v) is 2.59. The molecule has 0 saturated heterocycles. The Morgan fingerprint density at radius 2 is 2.25 bits per heavy atom. The Morgan fingerprint density at radius 3 is 3.00 bits per heavy atom. The predicted molar refractivity (Wildman–Crippen MR) is 63.9 cm³/mol. The van der Waals surface area contributed by atoms with E-state index in [1.807, 2.05) is 13.0 Å². The van der Waals surface area contributed by atoms with Gasteiger partial charge in [-0.1, -0.05) is 5.16 Å². The zero-order valence-corrected chi connectivity index (χ0v) is 9.67. The van der Waals surface area contributed by atoms with Gasteiger partial charge in [0.15, 0.2) is 5.82 Å². The van der Waals surface area contributed by atoms with E-state index in [9.17, 15) is 0 Å². The average molecular weight is 238 g/mol. The second-order valence-corrected chi connectivity index (χ2v) is 3.70. The van der Waals surface area contributed by atoms with Crippen LogP contribution in [0.25, 0.3) is 11.5 Å². The fourth-order valence-electron chi connectivity index (χ4n) is 1.85. The second kappa shape index (κ2) is 4.14. The Bertz CT molecular complexity index is 510. The zero-order valence-electron chi connectivity index (χ0n) is 8.86. The number of aryl methyl sites for hydroxylation is 1. The fraction of sp³-hybridized carbons (Fsp3) is 0.273. The van der Waals surface area contributed by atoms with Crippen LogP contribution in [0.2, 0.25) is 0 Å². The largest absolute Gasteiger partial charge is 0.384 e. The van der Waals surface area contributed by atoms with Crippen molar-refractivity contribution < 1.29 is 4.52 Å². The van der Waals surface area contributed by atoms with Gasteiger partial charge in [-0.25, -0.2) is 0 Å². The number of halogens is 1. The molecule has 1 aliphatic rings. The van der Waals surface area contributed by atoms with Crippen LogP contribution in [0.3, 0.4) is 0 Å². The molecule has 0 bridgehead atoms. The lowest BCUT2D eigenvalue weighted by molar-refractivity contribution is 0.425. The first-order valence-electron chi connectivity index (χ1n) is 5.00. The molecule has 0 radical (unpaired) electrons. The molecule has 0 saturated carbocycles. The molecule has 0 atom stereocenters. The van der Waals surface area contributed by atoms with Crippen LogP contribution in [0.4, 0.5) is 5.69 Å². The van der Waals surface area contributed by atoms with Gasteiger partial charge in [0, 0.05) is 17.8 Å². The second-order valence-electron chi connectivity index (χ2n) is 3.70. The van der Waals surface area contributed by atoms with Crippen LogP contribution in [-0.2, 0) is 6.42 Å². The third kappa shape index (κ3) is 1.76. The minimum atomic E-state index is 0. The minimum absolute atomic E-state index is 0. The van der Waals surface area contributed by atoms with Crippen molar-refractivity contribution in [3.63, 3.8) is 0 Å². The number of hydrogen-bond donors (Lipinski definition) is 1. The normalized spacial score (nSPS) is 12.8. The summed E-state index contributed by atoms with van der Waals surface area (Å²) in [7, 11) is 0. The van der Waals surface area contributed by atoms with Gasteiger partial charge in [-0.2, -0.15) is 4.98 Å². The number of hydrogen-bond acceptors (Lipinski definition) is 4. The molecular formula is C11H12ClN3O. The van der Waals surface area contributed by atoms with Gasteiger partial charge < -0.3 is 9.84 Å². The SMILES string of the molecule is Cc1noc(-c2ccc3c(c2)CCN3)n1.Cl. The van der Waals surface area contributed by atoms with Crippen molar-refractivity contribution in [2.24, 2.45) is 0 Å². The maximum Gasteiger partial charge on any atom is 0.257 e. The first-order chi connectivity index (χ1) is 7.33. The van der Waals surface area contributed by atoms with Crippen molar-refractivity contribution in [1.82, 2.24) is 10.1 Å². The molecule has 1 aliphatic heterocycles. The van der Waals surface area contributed by atoms with E-state index in [-0.39, 0.29) is 12.4 Å². The molecule has 0 aliphatic carbocycles. The van der Waals surface area contributed by atoms with Gasteiger partial charge >= 0.3 is 0 Å². The topological polar surface area (TPSA) is 51.0 Å². The van der Waals surface area contributed by atoms with Crippen molar-refractivity contribution in [2.45, 2.75) is 13.3 Å². The van der Waals surface area contributed by atoms with Gasteiger partial charge in [-0.05, 0) is 37.1 Å². The van der Waals surface area contributed by atoms with Crippen LogP contribution < -0.4 is 5.32 Å². The van der Waals surface area contributed by atoms with Crippen molar-refractivity contribution in [2.75, 3.05) is 11.9 Å². The highest BCUT2D eigenvalue weighted by atomic mass is 35.5. The Balaban J connectivity index is 0.000000963. The number of rotatable bonds is 1. The molecule has 1 aromatic carbocycles. The zero-order chi connectivity index (χ0) is 10.3. The predicted octanol–water partition coefficient (Wildman–Crippen LogP) is 2.43. The summed E-state index contributed by atoms with van der Waals surface area (Å²) in [5, 5.41) is 7.10. The van der Waals surface area contributed by atoms with E-state index in [1.165, 1.54) is 11.3 Å². The van der Waals surface area contributed by atoms with Gasteiger partial charge in [0.05, 0.1) is 0 Å². The molecule has 1 N–H and O–H groups in total. The molecular weight excluding hydrogens is 226 g/mol. The summed E-state index contributed by atoms with van der Waals surface area (Å²) < 4.78 is 5.13. The molecule has 1 aromatic heterocycles. The van der Waals surface area contributed by atoms with E-state index in [0.717, 1.165) is 18.5 Å². The smallest absolute Gasteiger partial charge is 0.257 e. The Kier molecular flexibility index (Phi) is 2.83. The lowest BCUT2D eigenvalue weighted by Gasteiger charge is -2.00. The molecule has 16 heavy (non-hydrogen) atoms. The summed E-state index contributed by atoms with van der Waals surface area (Å²) in [4.78, 5) is 4.21. The number of nitrogens with zero attached hydrogens (tertiary/aromatic N) is 2. The quantitative estimate of drug-likeness (QED) is 0.828. The van der Waals surface area contributed by atoms with E-state index in [4.69, 9.17) is 4.52 Å². The maximum atomic E-state index is 5.13. The first-order valence-corrected chi connectivity index (χ1v) is 5.00. The molecule has 0 fully saturated rings. The van der Waals surface area contributed by atoms with E-state index in [0.29, 0.717) is 11.7 Å². The van der Waals surface area contributed by atoms with Crippen LogP contribution in [0.5, 0.6) is 0 Å². The Hall–Kier alpha value is -1.55. The van der Waals surface area contributed by atoms with E-state index in [1.54, 1.807) is 0 Å². The lowest BCUT2D eigenvalue weighted by Crippen LogP contribution is -1.90. The van der Waals surface area contributed by atoms with Gasteiger partial charge in [0.25, 0.3) is 5.89 Å². The van der Waals surface area contributed by atoms with E-state index in [2.05, 4.69) is 27.6 Å². The summed E-state index contributed by atoms with van der Waals surface area (Å²) in [6.07, 6.45) is 1.07. The summed E-state index contributed by atoms with van der Waals surface area (Å²) in [5.41, 5.74) is 3.54. The molecule has 0 spiro atoms. The van der Waals surface area contributed by atoms with Crippen molar-refractivity contribution in [3.8, 4) is 11.5 Å². The van der Waals surface area contributed by atoms with Crippen molar-refractivity contribution in [3.05, 3.63) is 29.6 Å². The molecule has 84 valence electrons. The number of aromatic nitrogens is 2. The van der Waals surface area contributed by atoms with Crippen LogP contribution >= 0.6 is 12.4 Å². The molecule has 5 heteroatoms. The van der Waals surface area contributed by atoms with Crippen LogP contribution in [-0.4, -0.2) is 16.7 Å². The highest BCUT2D eigenvalue weighted by Crippen LogP contribution is 2.27. The molecule has 0 unspecified atom stereocenters. The highest BCUT2D eigenvalue weighted by molar-refractivity contribution is 5.85. The van der Waals surface area contributed by atoms with Crippen LogP contribution in [0, 0.1) is 6.92 Å². The number of benzene rings is 1. The van der Waals surface area contributed by atoms with Crippen LogP contribution in [0.1, 0.15) is 11.4 Å². The highest BCUT2D eigenvalue weighted by Gasteiger charge is 2.13. The van der Waals surface area contributed by atoms with Crippen molar-refractivity contribution >= 4 is 18.1 Å². The molecule has 0 amide bonds. The molecule has 4 nitrogen and oxygen atoms in total. The van der Waals surface area contributed by atoms with Gasteiger partial charge in [-0.3, -0.25) is 0 Å². The van der Waals surface area contributed by atoms with Gasteiger partial charge in [-0.15, -0.1) is 12.4 Å². The number of fused-ring (bicyclic) bond motifs is 1. The summed E-state index contributed by atoms with van der Waals surface area (Å²) in [5.74, 6) is 1.27. The van der Waals surface area contributed by atoms with Crippen LogP contribution in [0.15, 0.2) is 22.7 Å². The van der Waals surface area contributed by atoms with Gasteiger partial charge in [0.1, 0.15) is 0 Å². The summed E-state index contributed by atoms with van der Waals surface area (Å²) >= 11 is 0. The average Bonchev–Trinajstić information content (AvgIpc) is 2.84. The Morgan fingerprint density at radius 1 is 1.38 bits per heavy atom.